The zero-order chi connectivity index (χ0) is 22.5. The normalized spacial score (nSPS) is 10.8. The molecule has 1 amide bonds. The first-order valence-corrected chi connectivity index (χ1v) is 10.3. The first kappa shape index (κ1) is 21.4. The summed E-state index contributed by atoms with van der Waals surface area (Å²) >= 11 is 6.04. The molecule has 3 heterocycles. The summed E-state index contributed by atoms with van der Waals surface area (Å²) in [6.07, 6.45) is 4.77. The van der Waals surface area contributed by atoms with Crippen molar-refractivity contribution < 1.29 is 4.79 Å². The number of amides is 1. The fraction of sp³-hybridized carbons (Fsp3) is 0.182. The summed E-state index contributed by atoms with van der Waals surface area (Å²) in [7, 11) is 0. The van der Waals surface area contributed by atoms with Crippen molar-refractivity contribution >= 4 is 34.6 Å². The number of hydrogen-bond donors (Lipinski definition) is 2. The van der Waals surface area contributed by atoms with E-state index >= 15 is 0 Å². The van der Waals surface area contributed by atoms with Crippen molar-refractivity contribution in [2.45, 2.75) is 20.0 Å². The Morgan fingerprint density at radius 1 is 1.16 bits per heavy atom. The minimum atomic E-state index is -0.324. The van der Waals surface area contributed by atoms with Gasteiger partial charge in [-0.3, -0.25) is 19.1 Å². The molecule has 1 aromatic carbocycles. The lowest BCUT2D eigenvalue weighted by Gasteiger charge is -2.13. The average molecular weight is 450 g/mol. The summed E-state index contributed by atoms with van der Waals surface area (Å²) in [5.74, 6) is 0.170. The molecule has 10 heteroatoms. The maximum Gasteiger partial charge on any atom is 0.278 e. The predicted molar refractivity (Wildman–Crippen MR) is 122 cm³/mol. The Balaban J connectivity index is 1.72. The molecule has 0 saturated heterocycles. The molecule has 32 heavy (non-hydrogen) atoms. The van der Waals surface area contributed by atoms with Crippen molar-refractivity contribution in [2.24, 2.45) is 0 Å². The summed E-state index contributed by atoms with van der Waals surface area (Å²) in [6.45, 7) is 2.39. The number of hydrogen-bond acceptors (Lipinski definition) is 7. The highest BCUT2D eigenvalue weighted by Gasteiger charge is 2.15. The van der Waals surface area contributed by atoms with Gasteiger partial charge < -0.3 is 10.6 Å². The lowest BCUT2D eigenvalue weighted by Crippen LogP contribution is -2.31. The van der Waals surface area contributed by atoms with Gasteiger partial charge in [0.05, 0.1) is 6.20 Å². The van der Waals surface area contributed by atoms with Crippen molar-refractivity contribution in [3.8, 4) is 11.3 Å². The Bertz CT molecular complexity index is 1330. The zero-order valence-corrected chi connectivity index (χ0v) is 18.0. The SMILES string of the molecule is CC(=O)NCCn1c(=O)c(-c2cccnc2)nc2cnc(NCc3cccc(Cl)c3)nc21. The van der Waals surface area contributed by atoms with Crippen LogP contribution in [-0.4, -0.2) is 37.0 Å². The van der Waals surface area contributed by atoms with Crippen molar-refractivity contribution in [2.75, 3.05) is 11.9 Å². The van der Waals surface area contributed by atoms with E-state index in [1.165, 1.54) is 11.5 Å². The standard InChI is InChI=1S/C22H20ClN7O2/c1-14(31)25-8-9-30-20-18(28-19(21(30)32)16-5-3-7-24-12-16)13-27-22(29-20)26-11-15-4-2-6-17(23)10-15/h2-7,10,12-13H,8-9,11H2,1H3,(H,25,31)(H,26,27,29). The molecule has 0 spiro atoms. The summed E-state index contributed by atoms with van der Waals surface area (Å²) < 4.78 is 1.49. The van der Waals surface area contributed by atoms with Gasteiger partial charge in [0.1, 0.15) is 11.2 Å². The molecule has 2 N–H and O–H groups in total. The molecule has 0 atom stereocenters. The number of rotatable bonds is 7. The highest BCUT2D eigenvalue weighted by atomic mass is 35.5. The Hall–Kier alpha value is -3.85. The third-order valence-electron chi connectivity index (χ3n) is 4.67. The number of benzene rings is 1. The summed E-state index contributed by atoms with van der Waals surface area (Å²) in [5.41, 5.74) is 2.31. The molecule has 0 unspecified atom stereocenters. The molecule has 0 aliphatic rings. The molecule has 4 rings (SSSR count). The number of carbonyl (C=O) groups excluding carboxylic acids is 1. The van der Waals surface area contributed by atoms with Crippen LogP contribution in [0.3, 0.4) is 0 Å². The highest BCUT2D eigenvalue weighted by molar-refractivity contribution is 6.30. The Kier molecular flexibility index (Phi) is 6.37. The van der Waals surface area contributed by atoms with E-state index in [2.05, 4.69) is 30.6 Å². The molecule has 0 aliphatic carbocycles. The van der Waals surface area contributed by atoms with E-state index in [4.69, 9.17) is 11.6 Å². The van der Waals surface area contributed by atoms with Crippen LogP contribution in [0.5, 0.6) is 0 Å². The number of aromatic nitrogens is 5. The van der Waals surface area contributed by atoms with Gasteiger partial charge in [0.25, 0.3) is 5.56 Å². The molecule has 4 aromatic rings. The topological polar surface area (TPSA) is 115 Å². The molecule has 0 fully saturated rings. The Labute approximate surface area is 188 Å². The van der Waals surface area contributed by atoms with Gasteiger partial charge in [0.15, 0.2) is 5.65 Å². The number of fused-ring (bicyclic) bond motifs is 1. The largest absolute Gasteiger partial charge is 0.355 e. The lowest BCUT2D eigenvalue weighted by atomic mass is 10.2. The second-order valence-corrected chi connectivity index (χ2v) is 7.46. The van der Waals surface area contributed by atoms with E-state index in [0.717, 1.165) is 5.56 Å². The van der Waals surface area contributed by atoms with Gasteiger partial charge in [-0.25, -0.2) is 9.97 Å². The molecule has 162 valence electrons. The number of nitrogens with one attached hydrogen (secondary N) is 2. The van der Waals surface area contributed by atoms with Gasteiger partial charge in [0, 0.05) is 49.5 Å². The maximum absolute atomic E-state index is 13.3. The number of pyridine rings is 1. The van der Waals surface area contributed by atoms with Crippen molar-refractivity contribution in [1.29, 1.82) is 0 Å². The fourth-order valence-corrected chi connectivity index (χ4v) is 3.40. The number of carbonyl (C=O) groups is 1. The minimum absolute atomic E-state index is 0.178. The average Bonchev–Trinajstić information content (AvgIpc) is 2.79. The highest BCUT2D eigenvalue weighted by Crippen LogP contribution is 2.17. The minimum Gasteiger partial charge on any atom is -0.355 e. The van der Waals surface area contributed by atoms with Crippen LogP contribution in [0.2, 0.25) is 5.02 Å². The van der Waals surface area contributed by atoms with E-state index in [0.29, 0.717) is 34.2 Å². The monoisotopic (exact) mass is 449 g/mol. The van der Waals surface area contributed by atoms with Crippen molar-refractivity contribution in [3.05, 3.63) is 75.9 Å². The molecule has 3 aromatic heterocycles. The second kappa shape index (κ2) is 9.52. The van der Waals surface area contributed by atoms with E-state index in [-0.39, 0.29) is 30.2 Å². The molecule has 0 bridgehead atoms. The predicted octanol–water partition coefficient (Wildman–Crippen LogP) is 2.65. The van der Waals surface area contributed by atoms with E-state index < -0.39 is 0 Å². The van der Waals surface area contributed by atoms with Gasteiger partial charge in [-0.2, -0.15) is 4.98 Å². The molecule has 0 aliphatic heterocycles. The van der Waals surface area contributed by atoms with Crippen LogP contribution in [-0.2, 0) is 17.9 Å². The number of halogens is 1. The first-order valence-electron chi connectivity index (χ1n) is 9.92. The molecule has 0 radical (unpaired) electrons. The van der Waals surface area contributed by atoms with Crippen LogP contribution in [0.1, 0.15) is 12.5 Å². The summed E-state index contributed by atoms with van der Waals surface area (Å²) in [5, 5.41) is 6.49. The van der Waals surface area contributed by atoms with E-state index in [9.17, 15) is 9.59 Å². The summed E-state index contributed by atoms with van der Waals surface area (Å²) in [4.78, 5) is 42.0. The number of nitrogens with zero attached hydrogens (tertiary/aromatic N) is 5. The van der Waals surface area contributed by atoms with Crippen molar-refractivity contribution in [3.63, 3.8) is 0 Å². The van der Waals surface area contributed by atoms with E-state index in [1.54, 1.807) is 36.8 Å². The molecule has 9 nitrogen and oxygen atoms in total. The molecular weight excluding hydrogens is 430 g/mol. The smallest absolute Gasteiger partial charge is 0.278 e. The van der Waals surface area contributed by atoms with Crippen LogP contribution in [0.4, 0.5) is 5.95 Å². The third-order valence-corrected chi connectivity index (χ3v) is 4.90. The molecular formula is C22H20ClN7O2. The third kappa shape index (κ3) is 4.89. The van der Waals surface area contributed by atoms with E-state index in [1.807, 2.05) is 18.2 Å². The Morgan fingerprint density at radius 2 is 2.03 bits per heavy atom. The van der Waals surface area contributed by atoms with Crippen LogP contribution < -0.4 is 16.2 Å². The zero-order valence-electron chi connectivity index (χ0n) is 17.2. The van der Waals surface area contributed by atoms with Crippen LogP contribution in [0, 0.1) is 0 Å². The lowest BCUT2D eigenvalue weighted by molar-refractivity contribution is -0.118. The first-order chi connectivity index (χ1) is 15.5. The molecule has 0 saturated carbocycles. The fourth-order valence-electron chi connectivity index (χ4n) is 3.19. The van der Waals surface area contributed by atoms with Gasteiger partial charge in [-0.1, -0.05) is 23.7 Å². The van der Waals surface area contributed by atoms with Crippen LogP contribution in [0.25, 0.3) is 22.4 Å². The number of anilines is 1. The van der Waals surface area contributed by atoms with Gasteiger partial charge in [-0.15, -0.1) is 0 Å². The van der Waals surface area contributed by atoms with Crippen LogP contribution >= 0.6 is 11.6 Å². The van der Waals surface area contributed by atoms with Gasteiger partial charge >= 0.3 is 0 Å². The van der Waals surface area contributed by atoms with Gasteiger partial charge in [-0.05, 0) is 29.8 Å². The maximum atomic E-state index is 13.3. The summed E-state index contributed by atoms with van der Waals surface area (Å²) in [6, 6.07) is 11.0. The van der Waals surface area contributed by atoms with Crippen LogP contribution in [0.15, 0.2) is 59.8 Å². The quantitative estimate of drug-likeness (QED) is 0.445. The van der Waals surface area contributed by atoms with Crippen molar-refractivity contribution in [1.82, 2.24) is 29.8 Å². The van der Waals surface area contributed by atoms with Gasteiger partial charge in [0.2, 0.25) is 11.9 Å². The Morgan fingerprint density at radius 3 is 2.78 bits per heavy atom. The second-order valence-electron chi connectivity index (χ2n) is 7.03.